The first-order chi connectivity index (χ1) is 11.9. The molecule has 2 fully saturated rings. The number of carbonyl (C=O) groups excluding carboxylic acids is 3. The summed E-state index contributed by atoms with van der Waals surface area (Å²) in [4.78, 5) is 40.0. The van der Waals surface area contributed by atoms with E-state index in [0.717, 1.165) is 24.6 Å². The van der Waals surface area contributed by atoms with Crippen LogP contribution in [0.15, 0.2) is 18.2 Å². The van der Waals surface area contributed by atoms with E-state index in [1.807, 2.05) is 6.92 Å². The van der Waals surface area contributed by atoms with Gasteiger partial charge in [-0.2, -0.15) is 0 Å². The lowest BCUT2D eigenvalue weighted by Crippen LogP contribution is -2.69. The number of halogens is 2. The fourth-order valence-corrected chi connectivity index (χ4v) is 3.30. The average Bonchev–Trinajstić information content (AvgIpc) is 2.60. The van der Waals surface area contributed by atoms with E-state index in [9.17, 15) is 23.2 Å². The highest BCUT2D eigenvalue weighted by Gasteiger charge is 2.44. The number of nitrogens with one attached hydrogen (secondary N) is 1. The molecule has 0 radical (unpaired) electrons. The molecule has 25 heavy (non-hydrogen) atoms. The second kappa shape index (κ2) is 6.78. The van der Waals surface area contributed by atoms with Crippen molar-refractivity contribution >= 4 is 17.7 Å². The summed E-state index contributed by atoms with van der Waals surface area (Å²) in [5.41, 5.74) is -0.375. The minimum Gasteiger partial charge on any atom is -0.342 e. The molecule has 1 N–H and O–H groups in total. The van der Waals surface area contributed by atoms with Crippen molar-refractivity contribution in [2.24, 2.45) is 0 Å². The Morgan fingerprint density at radius 2 is 2.04 bits per heavy atom. The van der Waals surface area contributed by atoms with Gasteiger partial charge < -0.3 is 15.1 Å². The number of fused-ring (bicyclic) bond motifs is 1. The number of hydrogen-bond acceptors (Lipinski definition) is 3. The first-order valence-corrected chi connectivity index (χ1v) is 8.27. The molecule has 0 saturated carbocycles. The Labute approximate surface area is 143 Å². The van der Waals surface area contributed by atoms with E-state index in [4.69, 9.17) is 0 Å². The van der Waals surface area contributed by atoms with E-state index in [1.165, 1.54) is 9.80 Å². The maximum atomic E-state index is 13.8. The predicted molar refractivity (Wildman–Crippen MR) is 84.6 cm³/mol. The molecule has 0 unspecified atom stereocenters. The lowest BCUT2D eigenvalue weighted by atomic mass is 10.0. The molecule has 2 atom stereocenters. The number of hydrogen-bond donors (Lipinski definition) is 1. The van der Waals surface area contributed by atoms with E-state index in [1.54, 1.807) is 0 Å². The van der Waals surface area contributed by atoms with Gasteiger partial charge in [0, 0.05) is 13.1 Å². The Morgan fingerprint density at radius 3 is 2.76 bits per heavy atom. The van der Waals surface area contributed by atoms with Gasteiger partial charge in [-0.1, -0.05) is 13.3 Å². The molecule has 6 nitrogen and oxygen atoms in total. The summed E-state index contributed by atoms with van der Waals surface area (Å²) in [6.45, 7) is 2.25. The van der Waals surface area contributed by atoms with Gasteiger partial charge in [-0.15, -0.1) is 0 Å². The number of carbonyl (C=O) groups is 3. The SMILES string of the molecule is CCC[C@@H]1NC(=O)[C@H]2CN(C(=O)c3cc(F)ccc3F)CCN2C1=O. The van der Waals surface area contributed by atoms with E-state index in [-0.39, 0.29) is 37.0 Å². The topological polar surface area (TPSA) is 69.7 Å². The van der Waals surface area contributed by atoms with Crippen molar-refractivity contribution < 1.29 is 23.2 Å². The highest BCUT2D eigenvalue weighted by atomic mass is 19.1. The van der Waals surface area contributed by atoms with Gasteiger partial charge >= 0.3 is 0 Å². The molecular formula is C17H19F2N3O3. The van der Waals surface area contributed by atoms with E-state index in [0.29, 0.717) is 6.42 Å². The van der Waals surface area contributed by atoms with Crippen LogP contribution >= 0.6 is 0 Å². The van der Waals surface area contributed by atoms with Crippen LogP contribution in [0, 0.1) is 11.6 Å². The first-order valence-electron chi connectivity index (χ1n) is 8.27. The first kappa shape index (κ1) is 17.3. The molecule has 3 amide bonds. The molecule has 1 aromatic rings. The molecule has 2 heterocycles. The number of benzene rings is 1. The number of rotatable bonds is 3. The molecule has 0 spiro atoms. The summed E-state index contributed by atoms with van der Waals surface area (Å²) in [7, 11) is 0. The number of nitrogens with zero attached hydrogens (tertiary/aromatic N) is 2. The molecule has 2 aliphatic heterocycles. The summed E-state index contributed by atoms with van der Waals surface area (Å²) in [5.74, 6) is -2.70. The van der Waals surface area contributed by atoms with Gasteiger partial charge in [-0.25, -0.2) is 8.78 Å². The Hall–Kier alpha value is -2.51. The second-order valence-electron chi connectivity index (χ2n) is 6.27. The Bertz CT molecular complexity index is 725. The number of piperazine rings is 2. The molecule has 0 aliphatic carbocycles. The Balaban J connectivity index is 1.77. The molecule has 2 aliphatic rings. The van der Waals surface area contributed by atoms with Crippen LogP contribution in [0.2, 0.25) is 0 Å². The minimum absolute atomic E-state index is 0.0365. The third-order valence-electron chi connectivity index (χ3n) is 4.60. The van der Waals surface area contributed by atoms with Crippen LogP contribution in [0.1, 0.15) is 30.1 Å². The van der Waals surface area contributed by atoms with Gasteiger partial charge in [0.1, 0.15) is 23.7 Å². The highest BCUT2D eigenvalue weighted by molar-refractivity contribution is 5.99. The van der Waals surface area contributed by atoms with E-state index < -0.39 is 29.6 Å². The normalized spacial score (nSPS) is 23.3. The van der Waals surface area contributed by atoms with Crippen LogP contribution in [-0.2, 0) is 9.59 Å². The van der Waals surface area contributed by atoms with Gasteiger partial charge in [0.05, 0.1) is 12.1 Å². The molecule has 1 aromatic carbocycles. The summed E-state index contributed by atoms with van der Waals surface area (Å²) >= 11 is 0. The van der Waals surface area contributed by atoms with Crippen molar-refractivity contribution in [1.29, 1.82) is 0 Å². The predicted octanol–water partition coefficient (Wildman–Crippen LogP) is 0.916. The molecule has 2 saturated heterocycles. The third-order valence-corrected chi connectivity index (χ3v) is 4.60. The fourth-order valence-electron chi connectivity index (χ4n) is 3.30. The second-order valence-corrected chi connectivity index (χ2v) is 6.27. The molecule has 0 aromatic heterocycles. The Kier molecular flexibility index (Phi) is 4.69. The maximum absolute atomic E-state index is 13.8. The zero-order valence-corrected chi connectivity index (χ0v) is 13.8. The lowest BCUT2D eigenvalue weighted by Gasteiger charge is -2.45. The summed E-state index contributed by atoms with van der Waals surface area (Å²) in [5, 5.41) is 2.68. The molecule has 134 valence electrons. The quantitative estimate of drug-likeness (QED) is 0.880. The van der Waals surface area contributed by atoms with Crippen LogP contribution < -0.4 is 5.32 Å². The maximum Gasteiger partial charge on any atom is 0.257 e. The van der Waals surface area contributed by atoms with Crippen molar-refractivity contribution in [2.75, 3.05) is 19.6 Å². The van der Waals surface area contributed by atoms with Crippen LogP contribution in [0.25, 0.3) is 0 Å². The average molecular weight is 351 g/mol. The molecule has 8 heteroatoms. The smallest absolute Gasteiger partial charge is 0.257 e. The van der Waals surface area contributed by atoms with Crippen LogP contribution in [0.4, 0.5) is 8.78 Å². The van der Waals surface area contributed by atoms with E-state index >= 15 is 0 Å². The Morgan fingerprint density at radius 1 is 1.28 bits per heavy atom. The highest BCUT2D eigenvalue weighted by Crippen LogP contribution is 2.21. The summed E-state index contributed by atoms with van der Waals surface area (Å²) in [6, 6.07) is 1.34. The summed E-state index contributed by atoms with van der Waals surface area (Å²) < 4.78 is 27.1. The fraction of sp³-hybridized carbons (Fsp3) is 0.471. The third kappa shape index (κ3) is 3.20. The van der Waals surface area contributed by atoms with E-state index in [2.05, 4.69) is 5.32 Å². The lowest BCUT2D eigenvalue weighted by molar-refractivity contribution is -0.152. The number of amides is 3. The molecule has 0 bridgehead atoms. The van der Waals surface area contributed by atoms with Gasteiger partial charge in [0.2, 0.25) is 11.8 Å². The standard InChI is InChI=1S/C17H19F2N3O3/c1-2-3-13-17(25)22-7-6-21(9-14(22)15(23)20-13)16(24)11-8-10(18)4-5-12(11)19/h4-5,8,13-14H,2-3,6-7,9H2,1H3,(H,20,23)/t13-,14+/m0/s1. The van der Waals surface area contributed by atoms with Crippen molar-refractivity contribution in [1.82, 2.24) is 15.1 Å². The molecular weight excluding hydrogens is 332 g/mol. The largest absolute Gasteiger partial charge is 0.342 e. The van der Waals surface area contributed by atoms with Crippen LogP contribution in [-0.4, -0.2) is 59.2 Å². The van der Waals surface area contributed by atoms with Gasteiger partial charge in [0.25, 0.3) is 5.91 Å². The van der Waals surface area contributed by atoms with Gasteiger partial charge in [-0.05, 0) is 24.6 Å². The zero-order valence-electron chi connectivity index (χ0n) is 13.8. The van der Waals surface area contributed by atoms with Crippen LogP contribution in [0.5, 0.6) is 0 Å². The van der Waals surface area contributed by atoms with Gasteiger partial charge in [-0.3, -0.25) is 14.4 Å². The summed E-state index contributed by atoms with van der Waals surface area (Å²) in [6.07, 6.45) is 1.32. The van der Waals surface area contributed by atoms with Crippen LogP contribution in [0.3, 0.4) is 0 Å². The van der Waals surface area contributed by atoms with Crippen molar-refractivity contribution in [3.8, 4) is 0 Å². The van der Waals surface area contributed by atoms with Crippen molar-refractivity contribution in [2.45, 2.75) is 31.8 Å². The monoisotopic (exact) mass is 351 g/mol. The van der Waals surface area contributed by atoms with Crippen molar-refractivity contribution in [3.05, 3.63) is 35.4 Å². The zero-order chi connectivity index (χ0) is 18.1. The minimum atomic E-state index is -0.819. The van der Waals surface area contributed by atoms with Crippen molar-refractivity contribution in [3.63, 3.8) is 0 Å². The molecule has 3 rings (SSSR count). The van der Waals surface area contributed by atoms with Gasteiger partial charge in [0.15, 0.2) is 0 Å².